The van der Waals surface area contributed by atoms with Crippen molar-refractivity contribution in [3.63, 3.8) is 0 Å². The molecule has 0 saturated carbocycles. The summed E-state index contributed by atoms with van der Waals surface area (Å²) in [6.45, 7) is 1.70. The van der Waals surface area contributed by atoms with Crippen molar-refractivity contribution in [3.8, 4) is 0 Å². The van der Waals surface area contributed by atoms with E-state index in [2.05, 4.69) is 15.3 Å². The van der Waals surface area contributed by atoms with Crippen molar-refractivity contribution in [3.05, 3.63) is 48.9 Å². The third kappa shape index (κ3) is 4.53. The lowest BCUT2D eigenvalue weighted by molar-refractivity contribution is -0.116. The summed E-state index contributed by atoms with van der Waals surface area (Å²) in [5.41, 5.74) is 0.730. The van der Waals surface area contributed by atoms with Crippen molar-refractivity contribution in [2.75, 3.05) is 11.6 Å². The Morgan fingerprint density at radius 2 is 2.00 bits per heavy atom. The Balaban J connectivity index is 2.05. The van der Waals surface area contributed by atoms with Gasteiger partial charge >= 0.3 is 0 Å². The molecule has 24 heavy (non-hydrogen) atoms. The van der Waals surface area contributed by atoms with Crippen molar-refractivity contribution in [1.29, 1.82) is 0 Å². The van der Waals surface area contributed by atoms with Gasteiger partial charge in [0.2, 0.25) is 5.91 Å². The van der Waals surface area contributed by atoms with E-state index in [0.717, 1.165) is 12.1 Å². The van der Waals surface area contributed by atoms with Crippen LogP contribution >= 0.6 is 34.4 Å². The van der Waals surface area contributed by atoms with Gasteiger partial charge in [-0.25, -0.2) is 13.8 Å². The molecule has 0 fully saturated rings. The first-order valence-electron chi connectivity index (χ1n) is 6.90. The fourth-order valence-electron chi connectivity index (χ4n) is 2.07. The summed E-state index contributed by atoms with van der Waals surface area (Å²) >= 11 is 2.87. The third-order valence-electron chi connectivity index (χ3n) is 3.26. The predicted molar refractivity (Wildman–Crippen MR) is 97.4 cm³/mol. The van der Waals surface area contributed by atoms with Gasteiger partial charge in [0.15, 0.2) is 5.16 Å². The second-order valence-electron chi connectivity index (χ2n) is 4.94. The number of hydrogen-bond acceptors (Lipinski definition) is 4. The Bertz CT molecular complexity index is 819. The molecule has 2 N–H and O–H groups in total. The highest BCUT2D eigenvalue weighted by atomic mass is 127. The summed E-state index contributed by atoms with van der Waals surface area (Å²) in [7, 11) is 0. The van der Waals surface area contributed by atoms with Gasteiger partial charge in [0.25, 0.3) is 5.56 Å². The minimum absolute atomic E-state index is 0.000557. The van der Waals surface area contributed by atoms with Crippen LogP contribution in [0.15, 0.2) is 22.1 Å². The standard InChI is InChI=1S/C15H14F2IN3O2S/c1-7-9(14(23)21-15(19-7)24-2)3-4-12(22)20-8-5-10(16)13(18)11(17)6-8/h5-6H,3-4H2,1-2H3,(H,20,22)(H,19,21,23). The molecule has 128 valence electrons. The van der Waals surface area contributed by atoms with E-state index >= 15 is 0 Å². The number of thioether (sulfide) groups is 1. The minimum atomic E-state index is -0.741. The van der Waals surface area contributed by atoms with Gasteiger partial charge in [0, 0.05) is 23.4 Å². The van der Waals surface area contributed by atoms with E-state index in [-0.39, 0.29) is 27.7 Å². The van der Waals surface area contributed by atoms with Crippen molar-refractivity contribution < 1.29 is 13.6 Å². The summed E-state index contributed by atoms with van der Waals surface area (Å²) < 4.78 is 26.8. The SMILES string of the molecule is CSc1nc(C)c(CCC(=O)Nc2cc(F)c(I)c(F)c2)c(=O)[nH]1. The Hall–Kier alpha value is -1.49. The largest absolute Gasteiger partial charge is 0.326 e. The van der Waals surface area contributed by atoms with Gasteiger partial charge in [-0.1, -0.05) is 11.8 Å². The van der Waals surface area contributed by atoms with Crippen LogP contribution in [0.25, 0.3) is 0 Å². The van der Waals surface area contributed by atoms with Crippen LogP contribution in [0.2, 0.25) is 0 Å². The Labute approximate surface area is 154 Å². The zero-order chi connectivity index (χ0) is 17.9. The number of aromatic amines is 1. The Kier molecular flexibility index (Phi) is 6.33. The fourth-order valence-corrected chi connectivity index (χ4v) is 2.80. The summed E-state index contributed by atoms with van der Waals surface area (Å²) in [5, 5.41) is 2.93. The van der Waals surface area contributed by atoms with E-state index in [9.17, 15) is 18.4 Å². The van der Waals surface area contributed by atoms with Gasteiger partial charge in [-0.2, -0.15) is 0 Å². The van der Waals surface area contributed by atoms with Crippen molar-refractivity contribution >= 4 is 45.9 Å². The maximum Gasteiger partial charge on any atom is 0.254 e. The lowest BCUT2D eigenvalue weighted by Crippen LogP contribution is -2.20. The number of aryl methyl sites for hydroxylation is 1. The van der Waals surface area contributed by atoms with Crippen LogP contribution < -0.4 is 10.9 Å². The molecule has 0 saturated heterocycles. The molecule has 1 amide bonds. The van der Waals surface area contributed by atoms with Gasteiger partial charge < -0.3 is 10.3 Å². The molecule has 5 nitrogen and oxygen atoms in total. The van der Waals surface area contributed by atoms with Gasteiger partial charge in [0.05, 0.1) is 3.57 Å². The molecule has 1 aromatic carbocycles. The van der Waals surface area contributed by atoms with Gasteiger partial charge in [-0.3, -0.25) is 9.59 Å². The maximum atomic E-state index is 13.5. The van der Waals surface area contributed by atoms with E-state index in [1.807, 2.05) is 0 Å². The first kappa shape index (κ1) is 18.8. The number of nitrogens with one attached hydrogen (secondary N) is 2. The molecule has 0 spiro atoms. The molecule has 2 aromatic rings. The van der Waals surface area contributed by atoms with Gasteiger partial charge in [-0.15, -0.1) is 0 Å². The van der Waals surface area contributed by atoms with E-state index in [1.165, 1.54) is 11.8 Å². The van der Waals surface area contributed by atoms with E-state index in [0.29, 0.717) is 16.4 Å². The highest BCUT2D eigenvalue weighted by molar-refractivity contribution is 14.1. The van der Waals surface area contributed by atoms with E-state index in [1.54, 1.807) is 35.8 Å². The van der Waals surface area contributed by atoms with E-state index in [4.69, 9.17) is 0 Å². The van der Waals surface area contributed by atoms with Gasteiger partial charge in [0.1, 0.15) is 11.6 Å². The van der Waals surface area contributed by atoms with Gasteiger partial charge in [-0.05, 0) is 54.3 Å². The second-order valence-corrected chi connectivity index (χ2v) is 6.81. The number of hydrogen-bond donors (Lipinski definition) is 2. The molecule has 0 aliphatic rings. The van der Waals surface area contributed by atoms with Crippen LogP contribution in [0.3, 0.4) is 0 Å². The highest BCUT2D eigenvalue weighted by Gasteiger charge is 2.13. The number of halogens is 3. The molecular formula is C15H14F2IN3O2S. The minimum Gasteiger partial charge on any atom is -0.326 e. The van der Waals surface area contributed by atoms with Crippen molar-refractivity contribution in [1.82, 2.24) is 9.97 Å². The average Bonchev–Trinajstić information content (AvgIpc) is 2.51. The predicted octanol–water partition coefficient (Wildman–Crippen LogP) is 3.25. The fraction of sp³-hybridized carbons (Fsp3) is 0.267. The normalized spacial score (nSPS) is 10.7. The second kappa shape index (κ2) is 8.06. The number of carbonyl (C=O) groups is 1. The number of benzene rings is 1. The Morgan fingerprint density at radius 3 is 2.54 bits per heavy atom. The van der Waals surface area contributed by atoms with Crippen LogP contribution in [0.5, 0.6) is 0 Å². The number of H-pyrrole nitrogens is 1. The third-order valence-corrected chi connectivity index (χ3v) is 4.87. The average molecular weight is 465 g/mol. The topological polar surface area (TPSA) is 74.8 Å². The zero-order valence-corrected chi connectivity index (χ0v) is 15.8. The number of anilines is 1. The number of nitrogens with zero attached hydrogens (tertiary/aromatic N) is 1. The molecular weight excluding hydrogens is 451 g/mol. The smallest absolute Gasteiger partial charge is 0.254 e. The van der Waals surface area contributed by atoms with Crippen molar-refractivity contribution in [2.45, 2.75) is 24.9 Å². The number of aromatic nitrogens is 2. The molecule has 0 atom stereocenters. The number of carbonyl (C=O) groups excluding carboxylic acids is 1. The summed E-state index contributed by atoms with van der Waals surface area (Å²) in [6, 6.07) is 2.10. The van der Waals surface area contributed by atoms with Crippen LogP contribution in [0.4, 0.5) is 14.5 Å². The molecule has 2 rings (SSSR count). The molecule has 1 aromatic heterocycles. The summed E-state index contributed by atoms with van der Waals surface area (Å²) in [6.07, 6.45) is 1.98. The lowest BCUT2D eigenvalue weighted by atomic mass is 10.1. The van der Waals surface area contributed by atoms with Crippen molar-refractivity contribution in [2.24, 2.45) is 0 Å². The molecule has 0 aliphatic heterocycles. The first-order chi connectivity index (χ1) is 11.3. The molecule has 0 aliphatic carbocycles. The molecule has 0 bridgehead atoms. The molecule has 0 radical (unpaired) electrons. The Morgan fingerprint density at radius 1 is 1.38 bits per heavy atom. The number of amides is 1. The maximum absolute atomic E-state index is 13.5. The monoisotopic (exact) mass is 465 g/mol. The van der Waals surface area contributed by atoms with E-state index < -0.39 is 17.5 Å². The summed E-state index contributed by atoms with van der Waals surface area (Å²) in [4.78, 5) is 30.8. The quantitative estimate of drug-likeness (QED) is 0.308. The van der Waals surface area contributed by atoms with Crippen LogP contribution in [-0.2, 0) is 11.2 Å². The first-order valence-corrected chi connectivity index (χ1v) is 9.20. The van der Waals surface area contributed by atoms with Crippen LogP contribution in [0, 0.1) is 22.1 Å². The molecule has 0 unspecified atom stereocenters. The van der Waals surface area contributed by atoms with Crippen LogP contribution in [-0.4, -0.2) is 22.1 Å². The summed E-state index contributed by atoms with van der Waals surface area (Å²) in [5.74, 6) is -1.92. The highest BCUT2D eigenvalue weighted by Crippen LogP contribution is 2.20. The lowest BCUT2D eigenvalue weighted by Gasteiger charge is -2.08. The zero-order valence-electron chi connectivity index (χ0n) is 12.9. The van der Waals surface area contributed by atoms with Crippen LogP contribution in [0.1, 0.15) is 17.7 Å². The molecule has 1 heterocycles. The number of rotatable bonds is 5. The molecule has 9 heteroatoms.